The van der Waals surface area contributed by atoms with E-state index in [1.807, 2.05) is 34.9 Å². The quantitative estimate of drug-likeness (QED) is 0.780. The largest absolute Gasteiger partial charge is 0.496 e. The van der Waals surface area contributed by atoms with Crippen molar-refractivity contribution in [3.63, 3.8) is 0 Å². The molecule has 1 spiro atoms. The number of hydrogen-bond donors (Lipinski definition) is 0. The van der Waals surface area contributed by atoms with Crippen molar-refractivity contribution in [2.24, 2.45) is 5.41 Å². The molecular weight excluding hydrogens is 368 g/mol. The Labute approximate surface area is 173 Å². The number of rotatable bonds is 4. The maximum Gasteiger partial charge on any atom is 0.253 e. The van der Waals surface area contributed by atoms with Gasteiger partial charge in [0.2, 0.25) is 5.91 Å². The number of nitrogens with zero attached hydrogens (tertiary/aromatic N) is 2. The Morgan fingerprint density at radius 3 is 2.72 bits per heavy atom. The van der Waals surface area contributed by atoms with Gasteiger partial charge in [0.1, 0.15) is 5.75 Å². The van der Waals surface area contributed by atoms with E-state index < -0.39 is 0 Å². The summed E-state index contributed by atoms with van der Waals surface area (Å²) in [4.78, 5) is 29.4. The van der Waals surface area contributed by atoms with Crippen LogP contribution in [0.2, 0.25) is 0 Å². The number of carbonyl (C=O) groups excluding carboxylic acids is 2. The molecule has 29 heavy (non-hydrogen) atoms. The van der Waals surface area contributed by atoms with Crippen LogP contribution in [-0.4, -0.2) is 67.6 Å². The summed E-state index contributed by atoms with van der Waals surface area (Å²) in [5, 5.41) is 0. The number of benzene rings is 1. The van der Waals surface area contributed by atoms with Crippen LogP contribution in [0.4, 0.5) is 0 Å². The van der Waals surface area contributed by atoms with Crippen molar-refractivity contribution < 1.29 is 19.1 Å². The van der Waals surface area contributed by atoms with Crippen LogP contribution >= 0.6 is 0 Å². The standard InChI is InChI=1S/C23H32N2O4/c1-17-14-18(5-6-20(17)28-2)22(27)24-11-9-23(10-12-24)8-7-21(26)25(16-23)15-19-4-3-13-29-19/h5-6,14,19H,3-4,7-13,15-16H2,1-2H3/t19-/m1/s1. The molecule has 1 aromatic rings. The first-order valence-electron chi connectivity index (χ1n) is 10.8. The van der Waals surface area contributed by atoms with Crippen molar-refractivity contribution in [1.82, 2.24) is 9.80 Å². The van der Waals surface area contributed by atoms with E-state index in [1.165, 1.54) is 0 Å². The number of ether oxygens (including phenoxy) is 2. The highest BCUT2D eigenvalue weighted by molar-refractivity contribution is 5.94. The lowest BCUT2D eigenvalue weighted by Gasteiger charge is -2.47. The Hall–Kier alpha value is -2.08. The molecular formula is C23H32N2O4. The summed E-state index contributed by atoms with van der Waals surface area (Å²) in [6, 6.07) is 5.62. The molecule has 3 saturated heterocycles. The van der Waals surface area contributed by atoms with Crippen molar-refractivity contribution in [3.8, 4) is 5.75 Å². The van der Waals surface area contributed by atoms with Gasteiger partial charge in [0.15, 0.2) is 0 Å². The van der Waals surface area contributed by atoms with Gasteiger partial charge in [-0.05, 0) is 68.2 Å². The minimum absolute atomic E-state index is 0.0914. The highest BCUT2D eigenvalue weighted by Gasteiger charge is 2.42. The van der Waals surface area contributed by atoms with Crippen molar-refractivity contribution in [1.29, 1.82) is 0 Å². The van der Waals surface area contributed by atoms with Crippen LogP contribution in [0, 0.1) is 12.3 Å². The SMILES string of the molecule is COc1ccc(C(=O)N2CCC3(CCC(=O)N(C[C@H]4CCCO4)C3)CC2)cc1C. The molecule has 0 bridgehead atoms. The molecule has 0 unspecified atom stereocenters. The number of aryl methyl sites for hydroxylation is 1. The van der Waals surface area contributed by atoms with Crippen LogP contribution < -0.4 is 4.74 Å². The summed E-state index contributed by atoms with van der Waals surface area (Å²) in [6.07, 6.45) is 5.84. The van der Waals surface area contributed by atoms with Gasteiger partial charge in [-0.2, -0.15) is 0 Å². The summed E-state index contributed by atoms with van der Waals surface area (Å²) >= 11 is 0. The number of likely N-dealkylation sites (tertiary alicyclic amines) is 2. The zero-order valence-corrected chi connectivity index (χ0v) is 17.6. The number of methoxy groups -OCH3 is 1. The van der Waals surface area contributed by atoms with Gasteiger partial charge >= 0.3 is 0 Å². The second-order valence-electron chi connectivity index (χ2n) is 8.89. The van der Waals surface area contributed by atoms with E-state index in [4.69, 9.17) is 9.47 Å². The molecule has 0 N–H and O–H groups in total. The molecule has 2 amide bonds. The molecule has 1 atom stereocenters. The second-order valence-corrected chi connectivity index (χ2v) is 8.89. The van der Waals surface area contributed by atoms with Crippen molar-refractivity contribution >= 4 is 11.8 Å². The topological polar surface area (TPSA) is 59.1 Å². The first-order valence-corrected chi connectivity index (χ1v) is 10.8. The summed E-state index contributed by atoms with van der Waals surface area (Å²) in [6.45, 7) is 5.84. The molecule has 3 aliphatic heterocycles. The van der Waals surface area contributed by atoms with Crippen molar-refractivity contribution in [2.45, 2.75) is 51.6 Å². The normalized spacial score (nSPS) is 24.2. The zero-order chi connectivity index (χ0) is 20.4. The number of amides is 2. The van der Waals surface area contributed by atoms with E-state index in [-0.39, 0.29) is 23.3 Å². The minimum Gasteiger partial charge on any atom is -0.496 e. The fraction of sp³-hybridized carbons (Fsp3) is 0.652. The van der Waals surface area contributed by atoms with Crippen LogP contribution in [0.1, 0.15) is 54.4 Å². The summed E-state index contributed by atoms with van der Waals surface area (Å²) < 4.78 is 11.0. The van der Waals surface area contributed by atoms with Crippen LogP contribution in [0.25, 0.3) is 0 Å². The molecule has 3 heterocycles. The summed E-state index contributed by atoms with van der Waals surface area (Å²) in [5.74, 6) is 1.16. The first-order chi connectivity index (χ1) is 14.0. The van der Waals surface area contributed by atoms with Crippen molar-refractivity contribution in [3.05, 3.63) is 29.3 Å². The third-order valence-electron chi connectivity index (χ3n) is 6.95. The number of piperidine rings is 2. The van der Waals surface area contributed by atoms with Gasteiger partial charge in [0.25, 0.3) is 5.91 Å². The van der Waals surface area contributed by atoms with Gasteiger partial charge in [-0.25, -0.2) is 0 Å². The smallest absolute Gasteiger partial charge is 0.253 e. The van der Waals surface area contributed by atoms with Crippen molar-refractivity contribution in [2.75, 3.05) is 39.9 Å². The Balaban J connectivity index is 1.37. The molecule has 6 nitrogen and oxygen atoms in total. The molecule has 4 rings (SSSR count). The number of hydrogen-bond acceptors (Lipinski definition) is 4. The number of carbonyl (C=O) groups is 2. The molecule has 0 aromatic heterocycles. The maximum absolute atomic E-state index is 13.0. The Bertz CT molecular complexity index is 764. The summed E-state index contributed by atoms with van der Waals surface area (Å²) in [5.41, 5.74) is 1.85. The monoisotopic (exact) mass is 400 g/mol. The lowest BCUT2D eigenvalue weighted by atomic mass is 9.72. The average Bonchev–Trinajstić information content (AvgIpc) is 3.24. The third-order valence-corrected chi connectivity index (χ3v) is 6.95. The van der Waals surface area contributed by atoms with E-state index in [0.29, 0.717) is 6.42 Å². The van der Waals surface area contributed by atoms with Gasteiger partial charge < -0.3 is 19.3 Å². The molecule has 0 aliphatic carbocycles. The zero-order valence-electron chi connectivity index (χ0n) is 17.6. The fourth-order valence-electron chi connectivity index (χ4n) is 5.09. The Morgan fingerprint density at radius 1 is 1.28 bits per heavy atom. The third kappa shape index (κ3) is 4.27. The van der Waals surface area contributed by atoms with Crippen LogP contribution in [-0.2, 0) is 9.53 Å². The fourth-order valence-corrected chi connectivity index (χ4v) is 5.09. The van der Waals surface area contributed by atoms with Gasteiger partial charge in [-0.15, -0.1) is 0 Å². The van der Waals surface area contributed by atoms with Crippen LogP contribution in [0.5, 0.6) is 5.75 Å². The van der Waals surface area contributed by atoms with Gasteiger partial charge in [0, 0.05) is 44.8 Å². The average molecular weight is 401 g/mol. The minimum atomic E-state index is 0.0914. The van der Waals surface area contributed by atoms with E-state index in [0.717, 1.165) is 81.8 Å². The predicted octanol–water partition coefficient (Wildman–Crippen LogP) is 3.03. The van der Waals surface area contributed by atoms with Gasteiger partial charge in [-0.1, -0.05) is 0 Å². The molecule has 1 aromatic carbocycles. The van der Waals surface area contributed by atoms with E-state index in [2.05, 4.69) is 0 Å². The van der Waals surface area contributed by atoms with E-state index >= 15 is 0 Å². The molecule has 158 valence electrons. The molecule has 3 aliphatic rings. The van der Waals surface area contributed by atoms with E-state index in [9.17, 15) is 9.59 Å². The maximum atomic E-state index is 13.0. The highest BCUT2D eigenvalue weighted by Crippen LogP contribution is 2.40. The van der Waals surface area contributed by atoms with Crippen LogP contribution in [0.3, 0.4) is 0 Å². The highest BCUT2D eigenvalue weighted by atomic mass is 16.5. The molecule has 3 fully saturated rings. The Kier molecular flexibility index (Phi) is 5.81. The molecule has 6 heteroatoms. The predicted molar refractivity (Wildman–Crippen MR) is 110 cm³/mol. The summed E-state index contributed by atoms with van der Waals surface area (Å²) in [7, 11) is 1.64. The lowest BCUT2D eigenvalue weighted by Crippen LogP contribution is -2.53. The molecule has 0 radical (unpaired) electrons. The Morgan fingerprint density at radius 2 is 2.07 bits per heavy atom. The first kappa shape index (κ1) is 20.2. The van der Waals surface area contributed by atoms with Gasteiger partial charge in [-0.3, -0.25) is 9.59 Å². The second kappa shape index (κ2) is 8.34. The van der Waals surface area contributed by atoms with E-state index in [1.54, 1.807) is 7.11 Å². The lowest BCUT2D eigenvalue weighted by molar-refractivity contribution is -0.141. The van der Waals surface area contributed by atoms with Gasteiger partial charge in [0.05, 0.1) is 13.2 Å². The molecule has 0 saturated carbocycles. The van der Waals surface area contributed by atoms with Crippen LogP contribution in [0.15, 0.2) is 18.2 Å².